The van der Waals surface area contributed by atoms with Crippen molar-refractivity contribution in [1.29, 1.82) is 0 Å². The highest BCUT2D eigenvalue weighted by Crippen LogP contribution is 2.27. The number of carbonyl (C=O) groups excluding carboxylic acids is 1. The lowest BCUT2D eigenvalue weighted by Gasteiger charge is -2.33. The van der Waals surface area contributed by atoms with E-state index < -0.39 is 5.60 Å². The predicted molar refractivity (Wildman–Crippen MR) is 74.1 cm³/mol. The highest BCUT2D eigenvalue weighted by atomic mass is 32.1. The molecule has 1 fully saturated rings. The van der Waals surface area contributed by atoms with E-state index in [1.54, 1.807) is 4.90 Å². The number of hydrogen-bond donors (Lipinski definition) is 1. The highest BCUT2D eigenvalue weighted by Gasteiger charge is 2.30. The molecule has 1 aromatic rings. The lowest BCUT2D eigenvalue weighted by Crippen LogP contribution is -2.42. The van der Waals surface area contributed by atoms with Crippen molar-refractivity contribution >= 4 is 22.8 Å². The van der Waals surface area contributed by atoms with E-state index in [0.717, 1.165) is 25.2 Å². The van der Waals surface area contributed by atoms with E-state index in [1.807, 2.05) is 20.8 Å². The van der Waals surface area contributed by atoms with Crippen LogP contribution in [0.25, 0.3) is 0 Å². The topological polar surface area (TPSA) is 81.3 Å². The van der Waals surface area contributed by atoms with Crippen LogP contribution in [-0.2, 0) is 4.74 Å². The molecule has 0 aliphatic carbocycles. The van der Waals surface area contributed by atoms with Gasteiger partial charge in [-0.15, -0.1) is 0 Å². The van der Waals surface area contributed by atoms with Crippen molar-refractivity contribution in [2.45, 2.75) is 45.1 Å². The first-order chi connectivity index (χ1) is 8.85. The summed E-state index contributed by atoms with van der Waals surface area (Å²) in [4.78, 5) is 18.0. The van der Waals surface area contributed by atoms with Gasteiger partial charge in [0.25, 0.3) is 0 Å². The number of nitrogens with two attached hydrogens (primary N) is 1. The third-order valence-corrected chi connectivity index (χ3v) is 3.45. The van der Waals surface area contributed by atoms with E-state index in [0.29, 0.717) is 11.7 Å². The zero-order valence-electron chi connectivity index (χ0n) is 11.5. The van der Waals surface area contributed by atoms with Gasteiger partial charge in [0.15, 0.2) is 5.13 Å². The van der Waals surface area contributed by atoms with Crippen LogP contribution in [0.1, 0.15) is 45.4 Å². The SMILES string of the molecule is CC(C)(C)OC(=O)N1CCCC(c2nsc(N)n2)C1. The molecule has 1 aliphatic heterocycles. The summed E-state index contributed by atoms with van der Waals surface area (Å²) in [5.74, 6) is 0.908. The summed E-state index contributed by atoms with van der Waals surface area (Å²) in [5.41, 5.74) is 5.14. The molecule has 1 aliphatic rings. The van der Waals surface area contributed by atoms with Gasteiger partial charge in [-0.3, -0.25) is 0 Å². The number of nitrogens with zero attached hydrogens (tertiary/aromatic N) is 3. The summed E-state index contributed by atoms with van der Waals surface area (Å²) < 4.78 is 9.63. The summed E-state index contributed by atoms with van der Waals surface area (Å²) in [7, 11) is 0. The molecule has 1 aromatic heterocycles. The van der Waals surface area contributed by atoms with Gasteiger partial charge in [-0.2, -0.15) is 4.37 Å². The van der Waals surface area contributed by atoms with Gasteiger partial charge in [0.2, 0.25) is 0 Å². The molecule has 2 heterocycles. The zero-order chi connectivity index (χ0) is 14.0. The quantitative estimate of drug-likeness (QED) is 0.855. The minimum atomic E-state index is -0.465. The minimum Gasteiger partial charge on any atom is -0.444 e. The molecule has 0 saturated carbocycles. The van der Waals surface area contributed by atoms with Gasteiger partial charge < -0.3 is 15.4 Å². The van der Waals surface area contributed by atoms with Crippen molar-refractivity contribution in [2.24, 2.45) is 0 Å². The monoisotopic (exact) mass is 284 g/mol. The van der Waals surface area contributed by atoms with Crippen molar-refractivity contribution in [2.75, 3.05) is 18.8 Å². The molecule has 6 nitrogen and oxygen atoms in total. The number of rotatable bonds is 1. The number of carbonyl (C=O) groups is 1. The highest BCUT2D eigenvalue weighted by molar-refractivity contribution is 7.09. The fourth-order valence-electron chi connectivity index (χ4n) is 2.09. The molecule has 7 heteroatoms. The van der Waals surface area contributed by atoms with Crippen LogP contribution >= 0.6 is 11.5 Å². The number of nitrogen functional groups attached to an aromatic ring is 1. The van der Waals surface area contributed by atoms with E-state index >= 15 is 0 Å². The van der Waals surface area contributed by atoms with Gasteiger partial charge >= 0.3 is 6.09 Å². The summed E-state index contributed by atoms with van der Waals surface area (Å²) >= 11 is 1.20. The molecular formula is C12H20N4O2S. The summed E-state index contributed by atoms with van der Waals surface area (Å²) in [5, 5.41) is 0.476. The third-order valence-electron chi connectivity index (χ3n) is 2.90. The molecule has 1 atom stereocenters. The molecule has 106 valence electrons. The smallest absolute Gasteiger partial charge is 0.410 e. The standard InChI is InChI=1S/C12H20N4O2S/c1-12(2,3)18-11(17)16-6-4-5-8(7-16)9-14-10(13)19-15-9/h8H,4-7H2,1-3H3,(H2,13,14,15). The normalized spacial score (nSPS) is 20.4. The summed E-state index contributed by atoms with van der Waals surface area (Å²) in [6.45, 7) is 6.94. The number of hydrogen-bond acceptors (Lipinski definition) is 6. The molecule has 0 aromatic carbocycles. The van der Waals surface area contributed by atoms with Crippen LogP contribution in [0.15, 0.2) is 0 Å². The Hall–Kier alpha value is -1.37. The van der Waals surface area contributed by atoms with Gasteiger partial charge in [-0.05, 0) is 33.6 Å². The maximum absolute atomic E-state index is 12.0. The summed E-state index contributed by atoms with van der Waals surface area (Å²) in [6, 6.07) is 0. The third kappa shape index (κ3) is 3.79. The zero-order valence-corrected chi connectivity index (χ0v) is 12.4. The molecular weight excluding hydrogens is 264 g/mol. The maximum Gasteiger partial charge on any atom is 0.410 e. The van der Waals surface area contributed by atoms with Crippen LogP contribution in [0.5, 0.6) is 0 Å². The Bertz CT molecular complexity index is 455. The number of amides is 1. The Morgan fingerprint density at radius 1 is 1.53 bits per heavy atom. The van der Waals surface area contributed by atoms with E-state index in [-0.39, 0.29) is 12.0 Å². The Morgan fingerprint density at radius 2 is 2.26 bits per heavy atom. The number of likely N-dealkylation sites (tertiary alicyclic amines) is 1. The number of ether oxygens (including phenoxy) is 1. The van der Waals surface area contributed by atoms with Crippen molar-refractivity contribution < 1.29 is 9.53 Å². The Morgan fingerprint density at radius 3 is 2.84 bits per heavy atom. The lowest BCUT2D eigenvalue weighted by molar-refractivity contribution is 0.0196. The molecule has 2 rings (SSSR count). The van der Waals surface area contributed by atoms with Gasteiger partial charge in [0, 0.05) is 30.5 Å². The number of piperidine rings is 1. The van der Waals surface area contributed by atoms with Crippen molar-refractivity contribution in [3.05, 3.63) is 5.82 Å². The second-order valence-electron chi connectivity index (χ2n) is 5.76. The van der Waals surface area contributed by atoms with Gasteiger partial charge in [0.05, 0.1) is 0 Å². The Labute approximate surface area is 117 Å². The molecule has 0 spiro atoms. The largest absolute Gasteiger partial charge is 0.444 e. The average molecular weight is 284 g/mol. The van der Waals surface area contributed by atoms with Crippen molar-refractivity contribution in [3.8, 4) is 0 Å². The molecule has 19 heavy (non-hydrogen) atoms. The first-order valence-electron chi connectivity index (χ1n) is 6.42. The fourth-order valence-corrected chi connectivity index (χ4v) is 2.60. The maximum atomic E-state index is 12.0. The van der Waals surface area contributed by atoms with Crippen LogP contribution < -0.4 is 5.73 Å². The van der Waals surface area contributed by atoms with Gasteiger partial charge in [0.1, 0.15) is 11.4 Å². The van der Waals surface area contributed by atoms with Crippen molar-refractivity contribution in [1.82, 2.24) is 14.3 Å². The molecule has 0 radical (unpaired) electrons. The summed E-state index contributed by atoms with van der Waals surface area (Å²) in [6.07, 6.45) is 1.65. The lowest BCUT2D eigenvalue weighted by atomic mass is 9.98. The van der Waals surface area contributed by atoms with Crippen LogP contribution in [0.4, 0.5) is 9.93 Å². The first-order valence-corrected chi connectivity index (χ1v) is 7.19. The second-order valence-corrected chi connectivity index (χ2v) is 6.54. The number of aromatic nitrogens is 2. The molecule has 2 N–H and O–H groups in total. The van der Waals surface area contributed by atoms with Crippen LogP contribution in [-0.4, -0.2) is 39.0 Å². The first kappa shape index (κ1) is 14.0. The van der Waals surface area contributed by atoms with Crippen LogP contribution in [0, 0.1) is 0 Å². The van der Waals surface area contributed by atoms with E-state index in [2.05, 4.69) is 9.36 Å². The van der Waals surface area contributed by atoms with Gasteiger partial charge in [-0.25, -0.2) is 9.78 Å². The fraction of sp³-hybridized carbons (Fsp3) is 0.750. The second kappa shape index (κ2) is 5.32. The van der Waals surface area contributed by atoms with E-state index in [4.69, 9.17) is 10.5 Å². The van der Waals surface area contributed by atoms with E-state index in [1.165, 1.54) is 11.5 Å². The molecule has 1 saturated heterocycles. The number of anilines is 1. The molecule has 0 bridgehead atoms. The van der Waals surface area contributed by atoms with E-state index in [9.17, 15) is 4.79 Å². The minimum absolute atomic E-state index is 0.162. The molecule has 1 unspecified atom stereocenters. The Balaban J connectivity index is 1.99. The average Bonchev–Trinajstić information content (AvgIpc) is 2.74. The van der Waals surface area contributed by atoms with Crippen molar-refractivity contribution in [3.63, 3.8) is 0 Å². The van der Waals surface area contributed by atoms with Crippen LogP contribution in [0.3, 0.4) is 0 Å². The van der Waals surface area contributed by atoms with Gasteiger partial charge in [-0.1, -0.05) is 0 Å². The Kier molecular flexibility index (Phi) is 3.93. The van der Waals surface area contributed by atoms with Crippen LogP contribution in [0.2, 0.25) is 0 Å². The predicted octanol–water partition coefficient (Wildman–Crippen LogP) is 2.23. The molecule has 1 amide bonds.